The van der Waals surface area contributed by atoms with Crippen LogP contribution in [0.15, 0.2) is 30.3 Å². The first-order valence-electron chi connectivity index (χ1n) is 13.1. The fourth-order valence-corrected chi connectivity index (χ4v) is 5.29. The van der Waals surface area contributed by atoms with Gasteiger partial charge in [-0.05, 0) is 76.3 Å². The van der Waals surface area contributed by atoms with E-state index < -0.39 is 5.82 Å². The van der Waals surface area contributed by atoms with Gasteiger partial charge in [-0.2, -0.15) is 0 Å². The van der Waals surface area contributed by atoms with E-state index in [0.717, 1.165) is 51.6 Å². The van der Waals surface area contributed by atoms with Crippen molar-refractivity contribution in [3.05, 3.63) is 41.2 Å². The van der Waals surface area contributed by atoms with E-state index in [2.05, 4.69) is 14.9 Å². The summed E-state index contributed by atoms with van der Waals surface area (Å²) < 4.78 is 31.6. The molecule has 10 heteroatoms. The van der Waals surface area contributed by atoms with Crippen LogP contribution in [0.25, 0.3) is 22.2 Å². The molecule has 3 aromatic rings. The lowest BCUT2D eigenvalue weighted by Gasteiger charge is -2.30. The highest BCUT2D eigenvalue weighted by molar-refractivity contribution is 6.31. The van der Waals surface area contributed by atoms with E-state index in [4.69, 9.17) is 31.5 Å². The third-order valence-corrected chi connectivity index (χ3v) is 7.18. The van der Waals surface area contributed by atoms with Gasteiger partial charge in [0, 0.05) is 23.6 Å². The smallest absolute Gasteiger partial charge is 0.320 e. The highest BCUT2D eigenvalue weighted by Gasteiger charge is 2.23. The fourth-order valence-electron chi connectivity index (χ4n) is 5.11. The highest BCUT2D eigenvalue weighted by Crippen LogP contribution is 2.39. The first kappa shape index (κ1) is 26.4. The second-order valence-electron chi connectivity index (χ2n) is 9.99. The van der Waals surface area contributed by atoms with Crippen LogP contribution in [0.3, 0.4) is 0 Å². The van der Waals surface area contributed by atoms with Crippen LogP contribution in [0.2, 0.25) is 5.02 Å². The van der Waals surface area contributed by atoms with E-state index in [9.17, 15) is 9.18 Å². The molecule has 0 spiro atoms. The van der Waals surface area contributed by atoms with Gasteiger partial charge in [0.2, 0.25) is 5.95 Å². The van der Waals surface area contributed by atoms with Crippen LogP contribution in [-0.2, 0) is 9.53 Å². The Bertz CT molecular complexity index is 1320. The molecule has 2 heterocycles. The molecule has 2 N–H and O–H groups in total. The molecular formula is C28H32ClFN4O4. The molecule has 0 radical (unpaired) electrons. The van der Waals surface area contributed by atoms with Gasteiger partial charge in [-0.3, -0.25) is 9.69 Å². The summed E-state index contributed by atoms with van der Waals surface area (Å²) in [5, 5.41) is 0.707. The van der Waals surface area contributed by atoms with Crippen molar-refractivity contribution in [3.8, 4) is 22.8 Å². The van der Waals surface area contributed by atoms with Gasteiger partial charge in [0.1, 0.15) is 11.9 Å². The van der Waals surface area contributed by atoms with E-state index in [1.54, 1.807) is 6.07 Å². The predicted octanol–water partition coefficient (Wildman–Crippen LogP) is 5.40. The number of nitrogens with zero attached hydrogens (tertiary/aromatic N) is 3. The number of fused-ring (bicyclic) bond motifs is 1. The largest absolute Gasteiger partial charge is 0.490 e. The maximum absolute atomic E-state index is 13.8. The number of carbonyl (C=O) groups is 1. The number of hydrogen-bond acceptors (Lipinski definition) is 8. The molecular weight excluding hydrogens is 511 g/mol. The summed E-state index contributed by atoms with van der Waals surface area (Å²) in [5.74, 6) is 0.643. The Morgan fingerprint density at radius 3 is 2.74 bits per heavy atom. The molecule has 0 bridgehead atoms. The van der Waals surface area contributed by atoms with Crippen LogP contribution in [0.1, 0.15) is 45.4 Å². The summed E-state index contributed by atoms with van der Waals surface area (Å²) in [5.41, 5.74) is 7.82. The van der Waals surface area contributed by atoms with Crippen molar-refractivity contribution >= 4 is 34.4 Å². The van der Waals surface area contributed by atoms with Crippen LogP contribution < -0.4 is 15.2 Å². The lowest BCUT2D eigenvalue weighted by molar-refractivity contribution is -0.157. The SMILES string of the molecule is C[C@@H]1CN(CCCCOc2cc3c(-c4ccc(F)c(Cl)c4)nc(N)nc3cc2OC2CCCC2)CC(=O)O1. The van der Waals surface area contributed by atoms with Crippen molar-refractivity contribution in [2.45, 2.75) is 57.7 Å². The Kier molecular flexibility index (Phi) is 8.14. The minimum Gasteiger partial charge on any atom is -0.490 e. The highest BCUT2D eigenvalue weighted by atomic mass is 35.5. The Balaban J connectivity index is 1.37. The van der Waals surface area contributed by atoms with Gasteiger partial charge in [0.05, 0.1) is 35.5 Å². The molecule has 38 heavy (non-hydrogen) atoms. The molecule has 2 fully saturated rings. The summed E-state index contributed by atoms with van der Waals surface area (Å²) in [6.45, 7) is 4.26. The number of esters is 1. The van der Waals surface area contributed by atoms with Gasteiger partial charge in [-0.25, -0.2) is 14.4 Å². The molecule has 2 aliphatic rings. The van der Waals surface area contributed by atoms with Crippen LogP contribution >= 0.6 is 11.6 Å². The number of rotatable bonds is 9. The van der Waals surface area contributed by atoms with Crippen LogP contribution in [0.4, 0.5) is 10.3 Å². The van der Waals surface area contributed by atoms with Gasteiger partial charge in [0.15, 0.2) is 11.5 Å². The molecule has 8 nitrogen and oxygen atoms in total. The number of nitrogen functional groups attached to an aromatic ring is 1. The van der Waals surface area contributed by atoms with Crippen LogP contribution in [-0.4, -0.2) is 59.3 Å². The number of unbranched alkanes of at least 4 members (excludes halogenated alkanes) is 1. The van der Waals surface area contributed by atoms with Crippen molar-refractivity contribution in [1.29, 1.82) is 0 Å². The normalized spacial score (nSPS) is 18.6. The third kappa shape index (κ3) is 6.27. The molecule has 5 rings (SSSR count). The average Bonchev–Trinajstić information content (AvgIpc) is 3.38. The monoisotopic (exact) mass is 542 g/mol. The van der Waals surface area contributed by atoms with Gasteiger partial charge >= 0.3 is 5.97 Å². The molecule has 0 amide bonds. The average molecular weight is 543 g/mol. The van der Waals surface area contributed by atoms with Gasteiger partial charge < -0.3 is 19.9 Å². The number of carbonyl (C=O) groups excluding carboxylic acids is 1. The predicted molar refractivity (Wildman–Crippen MR) is 144 cm³/mol. The number of hydrogen-bond donors (Lipinski definition) is 1. The number of anilines is 1. The van der Waals surface area contributed by atoms with Crippen molar-refractivity contribution in [2.24, 2.45) is 0 Å². The molecule has 2 aromatic carbocycles. The Morgan fingerprint density at radius 2 is 1.97 bits per heavy atom. The Morgan fingerprint density at radius 1 is 1.16 bits per heavy atom. The number of nitrogens with two attached hydrogens (primary N) is 1. The van der Waals surface area contributed by atoms with E-state index >= 15 is 0 Å². The van der Waals surface area contributed by atoms with E-state index in [1.165, 1.54) is 12.1 Å². The zero-order valence-electron chi connectivity index (χ0n) is 21.4. The van der Waals surface area contributed by atoms with Crippen LogP contribution in [0.5, 0.6) is 11.5 Å². The summed E-state index contributed by atoms with van der Waals surface area (Å²) in [6.07, 6.45) is 6.01. The summed E-state index contributed by atoms with van der Waals surface area (Å²) in [6, 6.07) is 8.16. The lowest BCUT2D eigenvalue weighted by Crippen LogP contribution is -2.44. The molecule has 1 aliphatic heterocycles. The number of halogens is 2. The number of cyclic esters (lactones) is 1. The molecule has 0 unspecified atom stereocenters. The van der Waals surface area contributed by atoms with Gasteiger partial charge in [-0.1, -0.05) is 11.6 Å². The zero-order chi connectivity index (χ0) is 26.6. The number of aromatic nitrogens is 2. The van der Waals surface area contributed by atoms with Crippen molar-refractivity contribution in [2.75, 3.05) is 32.0 Å². The lowest BCUT2D eigenvalue weighted by atomic mass is 10.1. The fraction of sp³-hybridized carbons (Fsp3) is 0.464. The van der Waals surface area contributed by atoms with Gasteiger partial charge in [-0.15, -0.1) is 0 Å². The minimum absolute atomic E-state index is 0.00172. The van der Waals surface area contributed by atoms with Crippen LogP contribution in [0, 0.1) is 5.82 Å². The quantitative estimate of drug-likeness (QED) is 0.283. The molecule has 202 valence electrons. The Labute approximate surface area is 226 Å². The first-order chi connectivity index (χ1) is 18.4. The maximum atomic E-state index is 13.8. The van der Waals surface area contributed by atoms with Gasteiger partial charge in [0.25, 0.3) is 0 Å². The van der Waals surface area contributed by atoms with Crippen molar-refractivity contribution in [1.82, 2.24) is 14.9 Å². The van der Waals surface area contributed by atoms with E-state index in [1.807, 2.05) is 19.1 Å². The molecule has 1 aromatic heterocycles. The third-order valence-electron chi connectivity index (χ3n) is 6.89. The standard InChI is InChI=1S/C28H32ClFN4O4/c1-17-15-34(16-26(35)37-17)10-4-5-11-36-24-13-20-23(14-25(24)38-19-6-2-3-7-19)32-28(31)33-27(20)18-8-9-22(30)21(29)12-18/h8-9,12-14,17,19H,2-7,10-11,15-16H2,1H3,(H2,31,32,33)/t17-/m1/s1. The topological polar surface area (TPSA) is 99.8 Å². The van der Waals surface area contributed by atoms with Crippen molar-refractivity contribution < 1.29 is 23.4 Å². The molecule has 1 aliphatic carbocycles. The molecule has 1 atom stereocenters. The first-order valence-corrected chi connectivity index (χ1v) is 13.5. The van der Waals surface area contributed by atoms with Crippen molar-refractivity contribution in [3.63, 3.8) is 0 Å². The van der Waals surface area contributed by atoms with E-state index in [0.29, 0.717) is 46.8 Å². The summed E-state index contributed by atoms with van der Waals surface area (Å²) in [7, 11) is 0. The Hall–Kier alpha value is -3.17. The second-order valence-corrected chi connectivity index (χ2v) is 10.4. The number of morpholine rings is 1. The zero-order valence-corrected chi connectivity index (χ0v) is 22.2. The second kappa shape index (κ2) is 11.7. The molecule has 1 saturated carbocycles. The van der Waals surface area contributed by atoms with E-state index in [-0.39, 0.29) is 29.1 Å². The summed E-state index contributed by atoms with van der Waals surface area (Å²) >= 11 is 6.05. The minimum atomic E-state index is -0.506. The number of ether oxygens (including phenoxy) is 3. The molecule has 1 saturated heterocycles. The maximum Gasteiger partial charge on any atom is 0.320 e. The summed E-state index contributed by atoms with van der Waals surface area (Å²) in [4.78, 5) is 22.7. The number of benzene rings is 2.